The van der Waals surface area contributed by atoms with Crippen molar-refractivity contribution in [2.45, 2.75) is 6.54 Å². The Morgan fingerprint density at radius 2 is 1.89 bits per heavy atom. The molecule has 0 radical (unpaired) electrons. The van der Waals surface area contributed by atoms with Crippen molar-refractivity contribution in [2.24, 2.45) is 12.8 Å². The monoisotopic (exact) mass is 531 g/mol. The minimum atomic E-state index is -1.71. The van der Waals surface area contributed by atoms with Crippen molar-refractivity contribution in [2.75, 3.05) is 24.3 Å². The molecule has 0 saturated heterocycles. The number of hydrogen-bond donors (Lipinski definition) is 3. The quantitative estimate of drug-likeness (QED) is 0.345. The number of carbonyl (C=O) groups excluding carboxylic acids is 2. The lowest BCUT2D eigenvalue weighted by Crippen LogP contribution is -2.21. The van der Waals surface area contributed by atoms with E-state index in [1.165, 1.54) is 30.3 Å². The number of amides is 2. The first kappa shape index (κ1) is 25.6. The topological polar surface area (TPSA) is 148 Å². The largest absolute Gasteiger partial charge is 0.504 e. The van der Waals surface area contributed by atoms with Crippen LogP contribution in [-0.4, -0.2) is 50.1 Å². The second kappa shape index (κ2) is 9.50. The third-order valence-electron chi connectivity index (χ3n) is 5.56. The molecule has 2 amide bonds. The number of rotatable bonds is 6. The molecule has 4 N–H and O–H groups in total. The molecule has 0 saturated carbocycles. The Kier molecular flexibility index (Phi) is 6.57. The van der Waals surface area contributed by atoms with Gasteiger partial charge in [0, 0.05) is 44.5 Å². The summed E-state index contributed by atoms with van der Waals surface area (Å²) in [6.07, 6.45) is 3.80. The second-order valence-electron chi connectivity index (χ2n) is 8.31. The van der Waals surface area contributed by atoms with Crippen LogP contribution in [0, 0.1) is 11.6 Å². The van der Waals surface area contributed by atoms with E-state index in [4.69, 9.17) is 17.3 Å². The van der Waals surface area contributed by atoms with E-state index in [1.54, 1.807) is 25.1 Å². The van der Waals surface area contributed by atoms with Crippen LogP contribution >= 0.6 is 11.6 Å². The predicted molar refractivity (Wildman–Crippen MR) is 133 cm³/mol. The molecule has 0 spiro atoms. The summed E-state index contributed by atoms with van der Waals surface area (Å²) in [6, 6.07) is 2.40. The summed E-state index contributed by atoms with van der Waals surface area (Å²) in [6.45, 7) is -0.391. The molecule has 14 heteroatoms. The van der Waals surface area contributed by atoms with Gasteiger partial charge in [-0.25, -0.2) is 14.4 Å². The molecule has 3 aromatic heterocycles. The molecule has 4 aromatic rings. The third kappa shape index (κ3) is 4.56. The standard InChI is InChI=1S/C23H20ClF2N7O4/c1-31(2)15-5-14(13(24)6-28-15)30-16(34)8-33-7-12(17-22(33)29-9-32(3)23(17)37)10-4-11(21(27)36)20(35)19(26)18(10)25/h4-7,9,35H,8H2,1-3H3,(H2,27,36)(H,28,30,34). The maximum absolute atomic E-state index is 14.9. The molecular weight excluding hydrogens is 512 g/mol. The van der Waals surface area contributed by atoms with E-state index < -0.39 is 52.4 Å². The van der Waals surface area contributed by atoms with Gasteiger partial charge in [-0.2, -0.15) is 4.39 Å². The van der Waals surface area contributed by atoms with Crippen LogP contribution in [-0.2, 0) is 18.4 Å². The molecule has 0 aliphatic carbocycles. The molecule has 0 aliphatic rings. The smallest absolute Gasteiger partial charge is 0.263 e. The Bertz CT molecular complexity index is 1650. The normalized spacial score (nSPS) is 11.1. The van der Waals surface area contributed by atoms with Gasteiger partial charge in [-0.15, -0.1) is 0 Å². The molecule has 11 nitrogen and oxygen atoms in total. The number of nitrogens with one attached hydrogen (secondary N) is 1. The molecule has 0 unspecified atom stereocenters. The van der Waals surface area contributed by atoms with Crippen LogP contribution < -0.4 is 21.5 Å². The lowest BCUT2D eigenvalue weighted by molar-refractivity contribution is -0.116. The number of nitrogens with two attached hydrogens (primary N) is 1. The molecule has 0 bridgehead atoms. The fourth-order valence-electron chi connectivity index (χ4n) is 3.70. The Balaban J connectivity index is 1.83. The van der Waals surface area contributed by atoms with Crippen molar-refractivity contribution >= 4 is 46.0 Å². The third-order valence-corrected chi connectivity index (χ3v) is 5.86. The molecule has 1 aromatic carbocycles. The van der Waals surface area contributed by atoms with E-state index >= 15 is 0 Å². The molecule has 0 aliphatic heterocycles. The first-order chi connectivity index (χ1) is 17.4. The highest BCUT2D eigenvalue weighted by atomic mass is 35.5. The van der Waals surface area contributed by atoms with Gasteiger partial charge in [0.2, 0.25) is 11.7 Å². The zero-order chi connectivity index (χ0) is 27.2. The molecule has 3 heterocycles. The fourth-order valence-corrected chi connectivity index (χ4v) is 3.85. The number of halogens is 3. The summed E-state index contributed by atoms with van der Waals surface area (Å²) in [7, 11) is 4.92. The van der Waals surface area contributed by atoms with Gasteiger partial charge in [0.1, 0.15) is 18.0 Å². The molecule has 0 fully saturated rings. The van der Waals surface area contributed by atoms with Gasteiger partial charge in [0.25, 0.3) is 11.5 Å². The van der Waals surface area contributed by atoms with E-state index in [0.717, 1.165) is 10.6 Å². The number of pyridine rings is 1. The van der Waals surface area contributed by atoms with Crippen molar-refractivity contribution < 1.29 is 23.5 Å². The summed E-state index contributed by atoms with van der Waals surface area (Å²) in [5, 5.41) is 12.5. The van der Waals surface area contributed by atoms with E-state index in [-0.39, 0.29) is 27.3 Å². The van der Waals surface area contributed by atoms with Gasteiger partial charge in [-0.05, 0) is 6.07 Å². The number of benzene rings is 1. The summed E-state index contributed by atoms with van der Waals surface area (Å²) in [5.41, 5.74) is 3.48. The highest BCUT2D eigenvalue weighted by molar-refractivity contribution is 6.33. The van der Waals surface area contributed by atoms with Crippen LogP contribution in [0.4, 0.5) is 20.3 Å². The molecule has 4 rings (SSSR count). The zero-order valence-electron chi connectivity index (χ0n) is 19.7. The maximum atomic E-state index is 14.9. The summed E-state index contributed by atoms with van der Waals surface area (Å²) < 4.78 is 31.7. The van der Waals surface area contributed by atoms with E-state index in [2.05, 4.69) is 15.3 Å². The number of phenols is 1. The van der Waals surface area contributed by atoms with Crippen LogP contribution in [0.5, 0.6) is 5.75 Å². The number of carbonyl (C=O) groups is 2. The lowest BCUT2D eigenvalue weighted by Gasteiger charge is -2.14. The first-order valence-corrected chi connectivity index (χ1v) is 11.0. The Hall–Kier alpha value is -4.52. The fraction of sp³-hybridized carbons (Fsp3) is 0.174. The maximum Gasteiger partial charge on any atom is 0.263 e. The van der Waals surface area contributed by atoms with Crippen LogP contribution in [0.15, 0.2) is 35.6 Å². The number of aromatic nitrogens is 4. The average Bonchev–Trinajstić information content (AvgIpc) is 3.19. The van der Waals surface area contributed by atoms with E-state index in [1.807, 2.05) is 0 Å². The summed E-state index contributed by atoms with van der Waals surface area (Å²) in [5.74, 6) is -5.73. The van der Waals surface area contributed by atoms with Crippen LogP contribution in [0.2, 0.25) is 5.02 Å². The summed E-state index contributed by atoms with van der Waals surface area (Å²) in [4.78, 5) is 47.6. The zero-order valence-corrected chi connectivity index (χ0v) is 20.5. The van der Waals surface area contributed by atoms with Crippen molar-refractivity contribution in [3.8, 4) is 16.9 Å². The van der Waals surface area contributed by atoms with Gasteiger partial charge in [-0.3, -0.25) is 14.4 Å². The Labute approximate surface area is 212 Å². The van der Waals surface area contributed by atoms with Crippen LogP contribution in [0.1, 0.15) is 10.4 Å². The van der Waals surface area contributed by atoms with Crippen LogP contribution in [0.3, 0.4) is 0 Å². The minimum absolute atomic E-state index is 0.00318. The molecular formula is C23H20ClF2N7O4. The van der Waals surface area contributed by atoms with Crippen LogP contribution in [0.25, 0.3) is 22.2 Å². The van der Waals surface area contributed by atoms with Gasteiger partial charge >= 0.3 is 0 Å². The molecule has 37 heavy (non-hydrogen) atoms. The number of fused-ring (bicyclic) bond motifs is 1. The number of aromatic hydroxyl groups is 1. The number of aryl methyl sites for hydroxylation is 1. The highest BCUT2D eigenvalue weighted by Gasteiger charge is 2.26. The van der Waals surface area contributed by atoms with Crippen molar-refractivity contribution in [3.63, 3.8) is 0 Å². The number of primary amides is 1. The minimum Gasteiger partial charge on any atom is -0.504 e. The van der Waals surface area contributed by atoms with Gasteiger partial charge in [0.05, 0.1) is 34.2 Å². The highest BCUT2D eigenvalue weighted by Crippen LogP contribution is 2.36. The van der Waals surface area contributed by atoms with E-state index in [9.17, 15) is 28.3 Å². The molecule has 0 atom stereocenters. The van der Waals surface area contributed by atoms with Gasteiger partial charge in [0.15, 0.2) is 11.6 Å². The van der Waals surface area contributed by atoms with Gasteiger partial charge in [-0.1, -0.05) is 11.6 Å². The van der Waals surface area contributed by atoms with E-state index in [0.29, 0.717) is 5.82 Å². The SMILES string of the molecule is CN(C)c1cc(NC(=O)Cn2cc(-c3cc(C(N)=O)c(O)c(F)c3F)c3c(=O)n(C)cnc32)c(Cl)cn1. The molecule has 192 valence electrons. The number of hydrogen-bond acceptors (Lipinski definition) is 7. The number of anilines is 2. The van der Waals surface area contributed by atoms with Crippen molar-refractivity contribution in [1.29, 1.82) is 0 Å². The average molecular weight is 532 g/mol. The Morgan fingerprint density at radius 1 is 1.19 bits per heavy atom. The van der Waals surface area contributed by atoms with Crippen molar-refractivity contribution in [3.05, 3.63) is 63.4 Å². The van der Waals surface area contributed by atoms with Crippen molar-refractivity contribution in [1.82, 2.24) is 19.1 Å². The first-order valence-electron chi connectivity index (χ1n) is 10.6. The lowest BCUT2D eigenvalue weighted by atomic mass is 10.0. The summed E-state index contributed by atoms with van der Waals surface area (Å²) >= 11 is 6.16. The predicted octanol–water partition coefficient (Wildman–Crippen LogP) is 2.24. The number of nitrogens with zero attached hydrogens (tertiary/aromatic N) is 5. The second-order valence-corrected chi connectivity index (χ2v) is 8.71. The van der Waals surface area contributed by atoms with Gasteiger partial charge < -0.3 is 30.2 Å². The Morgan fingerprint density at radius 3 is 2.54 bits per heavy atom.